The number of hydrogen-bond acceptors (Lipinski definition) is 9. The van der Waals surface area contributed by atoms with Crippen molar-refractivity contribution in [2.24, 2.45) is 0 Å². The van der Waals surface area contributed by atoms with E-state index in [-0.39, 0.29) is 11.7 Å². The minimum Gasteiger partial charge on any atom is -0.463 e. The minimum atomic E-state index is -0.498. The van der Waals surface area contributed by atoms with Crippen molar-refractivity contribution in [1.82, 2.24) is 15.0 Å². The molecule has 0 aromatic carbocycles. The molecule has 1 aliphatic rings. The predicted octanol–water partition coefficient (Wildman–Crippen LogP) is 3.66. The molecule has 3 rings (SSSR count). The van der Waals surface area contributed by atoms with Crippen molar-refractivity contribution in [2.45, 2.75) is 39.5 Å². The number of thiazole rings is 1. The summed E-state index contributed by atoms with van der Waals surface area (Å²) in [7, 11) is 0. The average molecular weight is 434 g/mol. The molecule has 8 nitrogen and oxygen atoms in total. The van der Waals surface area contributed by atoms with Crippen LogP contribution in [0.3, 0.4) is 0 Å². The maximum absolute atomic E-state index is 11.7. The van der Waals surface area contributed by atoms with E-state index in [1.54, 1.807) is 37.3 Å². The third-order valence-electron chi connectivity index (χ3n) is 4.83. The lowest BCUT2D eigenvalue weighted by Gasteiger charge is -2.31. The molecule has 0 aliphatic carbocycles. The number of ether oxygens (including phenoxy) is 2. The summed E-state index contributed by atoms with van der Waals surface area (Å²) in [4.78, 5) is 30.4. The van der Waals surface area contributed by atoms with E-state index >= 15 is 0 Å². The lowest BCUT2D eigenvalue weighted by molar-refractivity contribution is -0.137. The number of nitrogens with zero attached hydrogens (tertiary/aromatic N) is 3. The van der Waals surface area contributed by atoms with Gasteiger partial charge in [-0.05, 0) is 46.7 Å². The van der Waals surface area contributed by atoms with Crippen molar-refractivity contribution in [2.75, 3.05) is 32.8 Å². The van der Waals surface area contributed by atoms with Crippen LogP contribution in [0.15, 0.2) is 27.6 Å². The van der Waals surface area contributed by atoms with Gasteiger partial charge in [-0.15, -0.1) is 11.3 Å². The van der Waals surface area contributed by atoms with Crippen molar-refractivity contribution in [3.05, 3.63) is 33.8 Å². The fraction of sp³-hybridized carbons (Fsp3) is 0.524. The Balaban J connectivity index is 1.54. The van der Waals surface area contributed by atoms with Crippen molar-refractivity contribution in [3.8, 4) is 11.5 Å². The Labute approximate surface area is 179 Å². The lowest BCUT2D eigenvalue weighted by atomic mass is 9.97. The molecule has 9 heteroatoms. The van der Waals surface area contributed by atoms with Gasteiger partial charge in [-0.3, -0.25) is 4.90 Å². The Morgan fingerprint density at radius 2 is 2.00 bits per heavy atom. The van der Waals surface area contributed by atoms with E-state index in [1.165, 1.54) is 0 Å². The van der Waals surface area contributed by atoms with E-state index in [2.05, 4.69) is 10.1 Å². The lowest BCUT2D eigenvalue weighted by Crippen LogP contribution is -2.34. The molecular formula is C21H27N3O5S. The number of carbonyl (C=O) groups is 2. The molecule has 0 unspecified atom stereocenters. The fourth-order valence-electron chi connectivity index (χ4n) is 3.41. The zero-order valence-corrected chi connectivity index (χ0v) is 18.4. The second-order valence-electron chi connectivity index (χ2n) is 7.16. The third kappa shape index (κ3) is 5.76. The smallest absolute Gasteiger partial charge is 0.360 e. The van der Waals surface area contributed by atoms with Crippen LogP contribution < -0.4 is 0 Å². The molecule has 0 amide bonds. The first-order valence-corrected chi connectivity index (χ1v) is 11.0. The van der Waals surface area contributed by atoms with Gasteiger partial charge in [0.2, 0.25) is 0 Å². The van der Waals surface area contributed by atoms with Crippen LogP contribution >= 0.6 is 11.3 Å². The summed E-state index contributed by atoms with van der Waals surface area (Å²) < 4.78 is 15.2. The summed E-state index contributed by atoms with van der Waals surface area (Å²) in [6, 6.07) is 1.57. The number of likely N-dealkylation sites (tertiary alicyclic amines) is 1. The summed E-state index contributed by atoms with van der Waals surface area (Å²) in [6.07, 6.45) is 3.58. The van der Waals surface area contributed by atoms with Crippen molar-refractivity contribution < 1.29 is 23.6 Å². The number of piperidine rings is 1. The Kier molecular flexibility index (Phi) is 7.75. The molecule has 0 bridgehead atoms. The molecule has 2 aromatic heterocycles. The van der Waals surface area contributed by atoms with Crippen molar-refractivity contribution >= 4 is 23.3 Å². The van der Waals surface area contributed by atoms with Gasteiger partial charge >= 0.3 is 11.9 Å². The number of esters is 2. The van der Waals surface area contributed by atoms with Gasteiger partial charge in [0.1, 0.15) is 5.69 Å². The van der Waals surface area contributed by atoms with E-state index in [9.17, 15) is 9.59 Å². The molecule has 1 saturated heterocycles. The standard InChI is InChI=1S/C21H27N3O5S/c1-4-27-19(25)10-14(3)12-24-8-6-15(7-9-24)20-22-17(13-30-20)18-11-16(23-29-18)21(26)28-5-2/h10-11,13,15H,4-9,12H2,1-3H3. The second-order valence-corrected chi connectivity index (χ2v) is 8.05. The van der Waals surface area contributed by atoms with E-state index < -0.39 is 5.97 Å². The SMILES string of the molecule is CCOC(=O)C=C(C)CN1CCC(c2nc(-c3cc(C(=O)OCC)no3)cs2)CC1. The molecule has 30 heavy (non-hydrogen) atoms. The number of rotatable bonds is 8. The molecule has 0 atom stereocenters. The molecule has 3 heterocycles. The van der Waals surface area contributed by atoms with Gasteiger partial charge in [0.25, 0.3) is 0 Å². The molecule has 0 saturated carbocycles. The van der Waals surface area contributed by atoms with Crippen molar-refractivity contribution in [1.29, 1.82) is 0 Å². The first kappa shape index (κ1) is 22.2. The van der Waals surface area contributed by atoms with E-state index in [1.807, 2.05) is 12.3 Å². The number of carbonyl (C=O) groups excluding carboxylic acids is 2. The van der Waals surface area contributed by atoms with E-state index in [0.717, 1.165) is 43.1 Å². The second kappa shape index (κ2) is 10.5. The maximum atomic E-state index is 11.7. The minimum absolute atomic E-state index is 0.154. The summed E-state index contributed by atoms with van der Waals surface area (Å²) in [5.74, 6) is 0.0841. The molecule has 1 fully saturated rings. The van der Waals surface area contributed by atoms with Gasteiger partial charge in [-0.2, -0.15) is 0 Å². The first-order valence-electron chi connectivity index (χ1n) is 10.2. The fourth-order valence-corrected chi connectivity index (χ4v) is 4.39. The number of hydrogen-bond donors (Lipinski definition) is 0. The summed E-state index contributed by atoms with van der Waals surface area (Å²) in [5, 5.41) is 6.77. The van der Waals surface area contributed by atoms with Crippen LogP contribution in [0.2, 0.25) is 0 Å². The molecule has 0 radical (unpaired) electrons. The van der Waals surface area contributed by atoms with E-state index in [0.29, 0.717) is 30.6 Å². The molecule has 0 N–H and O–H groups in total. The molecule has 162 valence electrons. The van der Waals surface area contributed by atoms with Crippen LogP contribution in [0, 0.1) is 0 Å². The summed E-state index contributed by atoms with van der Waals surface area (Å²) in [6.45, 7) is 8.85. The summed E-state index contributed by atoms with van der Waals surface area (Å²) in [5.41, 5.74) is 1.85. The normalized spacial score (nSPS) is 15.9. The average Bonchev–Trinajstić information content (AvgIpc) is 3.38. The molecule has 0 spiro atoms. The van der Waals surface area contributed by atoms with Crippen LogP contribution in [0.25, 0.3) is 11.5 Å². The van der Waals surface area contributed by atoms with Gasteiger partial charge in [-0.1, -0.05) is 10.7 Å². The molecule has 1 aliphatic heterocycles. The third-order valence-corrected chi connectivity index (χ3v) is 5.84. The Morgan fingerprint density at radius 3 is 2.70 bits per heavy atom. The van der Waals surface area contributed by atoms with Crippen LogP contribution in [0.1, 0.15) is 55.0 Å². The Morgan fingerprint density at radius 1 is 1.27 bits per heavy atom. The van der Waals surface area contributed by atoms with Crippen LogP contribution in [0.4, 0.5) is 0 Å². The van der Waals surface area contributed by atoms with Crippen LogP contribution in [0.5, 0.6) is 0 Å². The van der Waals surface area contributed by atoms with Gasteiger partial charge in [0, 0.05) is 30.0 Å². The largest absolute Gasteiger partial charge is 0.463 e. The zero-order chi connectivity index (χ0) is 21.5. The van der Waals surface area contributed by atoms with Gasteiger partial charge in [0.05, 0.1) is 18.2 Å². The topological polar surface area (TPSA) is 94.8 Å². The van der Waals surface area contributed by atoms with Gasteiger partial charge in [-0.25, -0.2) is 14.6 Å². The highest BCUT2D eigenvalue weighted by molar-refractivity contribution is 7.10. The molecule has 2 aromatic rings. The van der Waals surface area contributed by atoms with Crippen LogP contribution in [-0.2, 0) is 14.3 Å². The zero-order valence-electron chi connectivity index (χ0n) is 17.6. The first-order chi connectivity index (χ1) is 14.5. The van der Waals surface area contributed by atoms with Gasteiger partial charge in [0.15, 0.2) is 11.5 Å². The Bertz CT molecular complexity index is 896. The Hall–Kier alpha value is -2.52. The highest BCUT2D eigenvalue weighted by Crippen LogP contribution is 2.33. The predicted molar refractivity (Wildman–Crippen MR) is 112 cm³/mol. The highest BCUT2D eigenvalue weighted by atomic mass is 32.1. The quantitative estimate of drug-likeness (QED) is 0.460. The van der Waals surface area contributed by atoms with Crippen molar-refractivity contribution in [3.63, 3.8) is 0 Å². The van der Waals surface area contributed by atoms with Crippen LogP contribution in [-0.4, -0.2) is 59.8 Å². The number of aromatic nitrogens is 2. The highest BCUT2D eigenvalue weighted by Gasteiger charge is 2.24. The maximum Gasteiger partial charge on any atom is 0.360 e. The summed E-state index contributed by atoms with van der Waals surface area (Å²) >= 11 is 1.60. The van der Waals surface area contributed by atoms with Gasteiger partial charge < -0.3 is 14.0 Å². The van der Waals surface area contributed by atoms with E-state index in [4.69, 9.17) is 19.0 Å². The monoisotopic (exact) mass is 433 g/mol. The molecular weight excluding hydrogens is 406 g/mol.